The van der Waals surface area contributed by atoms with Gasteiger partial charge in [0.25, 0.3) is 0 Å². The predicted molar refractivity (Wildman–Crippen MR) is 153 cm³/mol. The average molecular weight is 520 g/mol. The van der Waals surface area contributed by atoms with Crippen LogP contribution in [0.3, 0.4) is 0 Å². The fourth-order valence-electron chi connectivity index (χ4n) is 6.63. The zero-order valence-electron chi connectivity index (χ0n) is 23.2. The van der Waals surface area contributed by atoms with Crippen molar-refractivity contribution in [2.24, 2.45) is 22.3 Å². The minimum atomic E-state index is -0.0555. The van der Waals surface area contributed by atoms with Crippen molar-refractivity contribution >= 4 is 17.0 Å². The first-order valence-corrected chi connectivity index (χ1v) is 14.4. The van der Waals surface area contributed by atoms with E-state index in [1.54, 1.807) is 0 Å². The van der Waals surface area contributed by atoms with Gasteiger partial charge in [-0.3, -0.25) is 0 Å². The van der Waals surface area contributed by atoms with Crippen LogP contribution in [0.2, 0.25) is 0 Å². The lowest BCUT2D eigenvalue weighted by Gasteiger charge is -2.61. The minimum absolute atomic E-state index is 0. The first-order chi connectivity index (χ1) is 14.9. The van der Waals surface area contributed by atoms with E-state index in [1.165, 1.54) is 116 Å². The number of nitrogens with two attached hydrogens (primary N) is 2. The molecule has 0 atom stereocenters. The summed E-state index contributed by atoms with van der Waals surface area (Å²) in [5.74, 6) is 0. The lowest BCUT2D eigenvalue weighted by atomic mass is 9.45. The molecule has 0 saturated heterocycles. The van der Waals surface area contributed by atoms with Crippen molar-refractivity contribution in [2.75, 3.05) is 6.54 Å². The predicted octanol–water partition coefficient (Wildman–Crippen LogP) is 9.72. The molecule has 3 heteroatoms. The van der Waals surface area contributed by atoms with Crippen LogP contribution in [0.15, 0.2) is 0 Å². The van der Waals surface area contributed by atoms with Crippen molar-refractivity contribution in [3.63, 3.8) is 0 Å². The molecular weight excluding hydrogens is 456 g/mol. The molecule has 0 aliphatic carbocycles. The molecule has 0 aromatic carbocycles. The van der Waals surface area contributed by atoms with Gasteiger partial charge < -0.3 is 11.5 Å². The molecule has 0 aliphatic rings. The van der Waals surface area contributed by atoms with Gasteiger partial charge in [-0.2, -0.15) is 0 Å². The lowest BCUT2D eigenvalue weighted by Crippen LogP contribution is -2.63. The highest BCUT2D eigenvalue weighted by Crippen LogP contribution is 2.62. The summed E-state index contributed by atoms with van der Waals surface area (Å²) in [6, 6.07) is 0. The number of hydrogen-bond acceptors (Lipinski definition) is 2. The van der Waals surface area contributed by atoms with Gasteiger partial charge in [-0.25, -0.2) is 0 Å². The second-order valence-electron chi connectivity index (χ2n) is 10.7. The molecule has 0 aliphatic heterocycles. The summed E-state index contributed by atoms with van der Waals surface area (Å²) < 4.78 is 0. The largest absolute Gasteiger partial charge is 0.330 e. The molecule has 0 radical (unpaired) electrons. The summed E-state index contributed by atoms with van der Waals surface area (Å²) in [4.78, 5) is 0. The maximum Gasteiger partial charge on any atom is 0.0216 e. The Labute approximate surface area is 214 Å². The Morgan fingerprint density at radius 3 is 1.09 bits per heavy atom. The molecule has 4 N–H and O–H groups in total. The highest BCUT2D eigenvalue weighted by Gasteiger charge is 2.58. The third kappa shape index (κ3) is 9.57. The Morgan fingerprint density at radius 2 is 0.781 bits per heavy atom. The molecule has 2 nitrogen and oxygen atoms in total. The van der Waals surface area contributed by atoms with E-state index in [0.717, 1.165) is 13.0 Å². The summed E-state index contributed by atoms with van der Waals surface area (Å²) in [5.41, 5.74) is 14.6. The third-order valence-electron chi connectivity index (χ3n) is 8.48. The van der Waals surface area contributed by atoms with Crippen molar-refractivity contribution in [2.45, 2.75) is 169 Å². The number of rotatable bonds is 22. The Balaban J connectivity index is 0. The van der Waals surface area contributed by atoms with Gasteiger partial charge in [-0.1, -0.05) is 119 Å². The van der Waals surface area contributed by atoms with E-state index in [9.17, 15) is 0 Å². The van der Waals surface area contributed by atoms with Gasteiger partial charge in [0.1, 0.15) is 0 Å². The van der Waals surface area contributed by atoms with Crippen LogP contribution in [0, 0.1) is 10.8 Å². The van der Waals surface area contributed by atoms with E-state index in [4.69, 9.17) is 11.5 Å². The normalized spacial score (nSPS) is 12.8. The van der Waals surface area contributed by atoms with E-state index in [0.29, 0.717) is 5.41 Å². The van der Waals surface area contributed by atoms with Gasteiger partial charge in [-0.05, 0) is 62.3 Å². The van der Waals surface area contributed by atoms with Crippen molar-refractivity contribution in [3.8, 4) is 0 Å². The van der Waals surface area contributed by atoms with Crippen molar-refractivity contribution in [3.05, 3.63) is 0 Å². The summed E-state index contributed by atoms with van der Waals surface area (Å²) in [7, 11) is 0. The molecule has 0 heterocycles. The van der Waals surface area contributed by atoms with Crippen LogP contribution in [0.1, 0.15) is 164 Å². The van der Waals surface area contributed by atoms with Crippen molar-refractivity contribution in [1.29, 1.82) is 0 Å². The molecule has 0 saturated carbocycles. The van der Waals surface area contributed by atoms with Crippen LogP contribution in [0.25, 0.3) is 0 Å². The monoisotopic (exact) mass is 518 g/mol. The molecule has 0 amide bonds. The molecular formula is C29H63BrN2. The summed E-state index contributed by atoms with van der Waals surface area (Å²) in [5, 5.41) is 0. The number of halogens is 1. The highest BCUT2D eigenvalue weighted by atomic mass is 79.9. The molecule has 0 aromatic rings. The molecule has 0 aromatic heterocycles. The third-order valence-corrected chi connectivity index (χ3v) is 8.48. The van der Waals surface area contributed by atoms with Gasteiger partial charge >= 0.3 is 0 Å². The van der Waals surface area contributed by atoms with Crippen LogP contribution in [0.5, 0.6) is 0 Å². The van der Waals surface area contributed by atoms with Crippen molar-refractivity contribution in [1.82, 2.24) is 0 Å². The first-order valence-electron chi connectivity index (χ1n) is 14.4. The smallest absolute Gasteiger partial charge is 0.0216 e. The van der Waals surface area contributed by atoms with Gasteiger partial charge in [0.15, 0.2) is 0 Å². The molecule has 0 bridgehead atoms. The van der Waals surface area contributed by atoms with Gasteiger partial charge in [-0.15, -0.1) is 17.0 Å². The summed E-state index contributed by atoms with van der Waals surface area (Å²) in [6.07, 6.45) is 24.2. The second-order valence-corrected chi connectivity index (χ2v) is 10.7. The zero-order valence-corrected chi connectivity index (χ0v) is 24.9. The Bertz CT molecular complexity index is 386. The second kappa shape index (κ2) is 19.7. The zero-order chi connectivity index (χ0) is 23.6. The van der Waals surface area contributed by atoms with Gasteiger partial charge in [0, 0.05) is 5.54 Å². The maximum absolute atomic E-state index is 7.75. The van der Waals surface area contributed by atoms with Gasteiger partial charge in [0.05, 0.1) is 0 Å². The maximum atomic E-state index is 7.75. The lowest BCUT2D eigenvalue weighted by molar-refractivity contribution is -0.0872. The van der Waals surface area contributed by atoms with Crippen LogP contribution in [-0.2, 0) is 0 Å². The van der Waals surface area contributed by atoms with Crippen LogP contribution in [-0.4, -0.2) is 12.1 Å². The van der Waals surface area contributed by atoms with E-state index in [-0.39, 0.29) is 27.9 Å². The van der Waals surface area contributed by atoms with Crippen molar-refractivity contribution < 1.29 is 0 Å². The topological polar surface area (TPSA) is 52.0 Å². The Kier molecular flexibility index (Phi) is 21.3. The van der Waals surface area contributed by atoms with E-state index >= 15 is 0 Å². The minimum Gasteiger partial charge on any atom is -0.330 e. The molecule has 196 valence electrons. The SMILES string of the molecule is Br.CCCCC(N)(CCCC)C(CCCC)(CCCC)C(CCN)(CCCC)CCCC. The van der Waals surface area contributed by atoms with E-state index in [2.05, 4.69) is 41.5 Å². The van der Waals surface area contributed by atoms with E-state index < -0.39 is 0 Å². The molecule has 0 spiro atoms. The van der Waals surface area contributed by atoms with Crippen LogP contribution in [0.4, 0.5) is 0 Å². The van der Waals surface area contributed by atoms with Crippen LogP contribution < -0.4 is 11.5 Å². The molecule has 32 heavy (non-hydrogen) atoms. The molecule has 0 fully saturated rings. The van der Waals surface area contributed by atoms with Gasteiger partial charge in [0.2, 0.25) is 0 Å². The van der Waals surface area contributed by atoms with E-state index in [1.807, 2.05) is 0 Å². The van der Waals surface area contributed by atoms with Crippen LogP contribution >= 0.6 is 17.0 Å². The standard InChI is InChI=1S/C29H62N2.BrH/c1-7-13-19-27(25-26-30,20-14-8-2)28(21-15-9-3,22-16-10-4)29(31,23-17-11-5)24-18-12-6;/h7-26,30-31H2,1-6H3;1H. The molecule has 0 unspecified atom stereocenters. The summed E-state index contributed by atoms with van der Waals surface area (Å²) in [6.45, 7) is 14.9. The summed E-state index contributed by atoms with van der Waals surface area (Å²) >= 11 is 0. The number of hydrogen-bond donors (Lipinski definition) is 2. The fourth-order valence-corrected chi connectivity index (χ4v) is 6.63. The highest BCUT2D eigenvalue weighted by molar-refractivity contribution is 8.93. The number of unbranched alkanes of at least 4 members (excludes halogenated alkanes) is 6. The average Bonchev–Trinajstić information content (AvgIpc) is 2.78. The Morgan fingerprint density at radius 1 is 0.469 bits per heavy atom. The fraction of sp³-hybridized carbons (Fsp3) is 1.00. The first kappa shape index (κ1) is 34.6. The molecule has 0 rings (SSSR count). The quantitative estimate of drug-likeness (QED) is 0.150. The Hall–Kier alpha value is 0.400.